The zero-order valence-electron chi connectivity index (χ0n) is 14.0. The number of benzene rings is 2. The van der Waals surface area contributed by atoms with E-state index in [1.807, 2.05) is 60.7 Å². The third kappa shape index (κ3) is 4.78. The number of likely N-dealkylation sites (N-methyl/N-ethyl adjacent to an activating group) is 1. The minimum atomic E-state index is 0.143. The lowest BCUT2D eigenvalue weighted by Gasteiger charge is -2.28. The quantitative estimate of drug-likeness (QED) is 0.557. The average molecular weight is 461 g/mol. The summed E-state index contributed by atoms with van der Waals surface area (Å²) in [5.74, 6) is 0.143. The fraction of sp³-hybridized carbons (Fsp3) is 0.190. The lowest BCUT2D eigenvalue weighted by molar-refractivity contribution is -0.113. The molecule has 0 spiro atoms. The van der Waals surface area contributed by atoms with Gasteiger partial charge in [-0.25, -0.2) is 0 Å². The molecular weight excluding hydrogens is 442 g/mol. The zero-order chi connectivity index (χ0) is 17.8. The van der Waals surface area contributed by atoms with Crippen LogP contribution in [0.5, 0.6) is 0 Å². The molecule has 0 radical (unpaired) electrons. The summed E-state index contributed by atoms with van der Waals surface area (Å²) >= 11 is 6.98. The van der Waals surface area contributed by atoms with Crippen LogP contribution in [0.1, 0.15) is 18.1 Å². The van der Waals surface area contributed by atoms with E-state index >= 15 is 0 Å². The van der Waals surface area contributed by atoms with Crippen molar-refractivity contribution >= 4 is 49.8 Å². The van der Waals surface area contributed by atoms with E-state index in [2.05, 4.69) is 43.7 Å². The van der Waals surface area contributed by atoms with E-state index in [9.17, 15) is 4.79 Å². The molecule has 1 aliphatic heterocycles. The molecule has 4 heteroatoms. The molecule has 0 bridgehead atoms. The maximum atomic E-state index is 13.0. The van der Waals surface area contributed by atoms with Crippen molar-refractivity contribution in [3.8, 4) is 0 Å². The normalized spacial score (nSPS) is 18.9. The number of piperidine rings is 1. The SMILES string of the molecule is CCN1C/C(=C\c2cccc(Br)c2)C(=O)/C(=C/c2cccc(Br)c2)C1. The second-order valence-corrected chi connectivity index (χ2v) is 7.91. The molecule has 0 amide bonds. The Bertz CT molecular complexity index is 787. The van der Waals surface area contributed by atoms with Crippen LogP contribution in [0.2, 0.25) is 0 Å². The van der Waals surface area contributed by atoms with Crippen molar-refractivity contribution in [3.05, 3.63) is 79.7 Å². The lowest BCUT2D eigenvalue weighted by Crippen LogP contribution is -2.37. The molecule has 1 aliphatic rings. The Morgan fingerprint density at radius 3 is 1.80 bits per heavy atom. The van der Waals surface area contributed by atoms with E-state index in [1.165, 1.54) is 0 Å². The van der Waals surface area contributed by atoms with Gasteiger partial charge >= 0.3 is 0 Å². The molecule has 2 aromatic rings. The van der Waals surface area contributed by atoms with Crippen LogP contribution in [0.25, 0.3) is 12.2 Å². The van der Waals surface area contributed by atoms with Crippen LogP contribution in [0.4, 0.5) is 0 Å². The number of likely N-dealkylation sites (tertiary alicyclic amines) is 1. The van der Waals surface area contributed by atoms with Gasteiger partial charge in [-0.05, 0) is 54.1 Å². The van der Waals surface area contributed by atoms with Gasteiger partial charge in [-0.2, -0.15) is 0 Å². The largest absolute Gasteiger partial charge is 0.295 e. The van der Waals surface area contributed by atoms with Crippen molar-refractivity contribution in [2.45, 2.75) is 6.92 Å². The Balaban J connectivity index is 1.96. The van der Waals surface area contributed by atoms with E-state index in [1.54, 1.807) is 0 Å². The molecule has 0 saturated carbocycles. The van der Waals surface area contributed by atoms with E-state index < -0.39 is 0 Å². The Kier molecular flexibility index (Phi) is 6.05. The summed E-state index contributed by atoms with van der Waals surface area (Å²) in [6.45, 7) is 4.43. The number of Topliss-reactive ketones (excluding diaryl/α,β-unsaturated/α-hetero) is 1. The standard InChI is InChI=1S/C21H19Br2NO/c1-2-24-13-17(9-15-5-3-7-19(22)11-15)21(25)18(14-24)10-16-6-4-8-20(23)12-16/h3-12H,2,13-14H2,1H3/b17-9+,18-10+. The van der Waals surface area contributed by atoms with Crippen LogP contribution in [0.3, 0.4) is 0 Å². The van der Waals surface area contributed by atoms with E-state index in [-0.39, 0.29) is 5.78 Å². The van der Waals surface area contributed by atoms with Gasteiger partial charge in [-0.1, -0.05) is 63.0 Å². The monoisotopic (exact) mass is 459 g/mol. The summed E-state index contributed by atoms with van der Waals surface area (Å²) in [4.78, 5) is 15.3. The number of nitrogens with zero attached hydrogens (tertiary/aromatic N) is 1. The second kappa shape index (κ2) is 8.26. The molecule has 2 aromatic carbocycles. The smallest absolute Gasteiger partial charge is 0.187 e. The molecule has 1 heterocycles. The molecular formula is C21H19Br2NO. The highest BCUT2D eigenvalue weighted by Gasteiger charge is 2.25. The molecule has 0 unspecified atom stereocenters. The maximum Gasteiger partial charge on any atom is 0.187 e. The predicted octanol–water partition coefficient (Wildman–Crippen LogP) is 5.58. The second-order valence-electron chi connectivity index (χ2n) is 6.08. The summed E-state index contributed by atoms with van der Waals surface area (Å²) in [6, 6.07) is 16.1. The van der Waals surface area contributed by atoms with E-state index in [0.717, 1.165) is 37.8 Å². The highest BCUT2D eigenvalue weighted by molar-refractivity contribution is 9.10. The third-order valence-corrected chi connectivity index (χ3v) is 5.18. The topological polar surface area (TPSA) is 20.3 Å². The first-order valence-corrected chi connectivity index (χ1v) is 9.83. The molecule has 1 saturated heterocycles. The maximum absolute atomic E-state index is 13.0. The van der Waals surface area contributed by atoms with Gasteiger partial charge in [-0.3, -0.25) is 9.69 Å². The first-order valence-electron chi connectivity index (χ1n) is 8.24. The van der Waals surface area contributed by atoms with Gasteiger partial charge in [-0.15, -0.1) is 0 Å². The van der Waals surface area contributed by atoms with Crippen molar-refractivity contribution in [2.75, 3.05) is 19.6 Å². The summed E-state index contributed by atoms with van der Waals surface area (Å²) < 4.78 is 2.03. The van der Waals surface area contributed by atoms with Gasteiger partial charge in [0.2, 0.25) is 0 Å². The van der Waals surface area contributed by atoms with Gasteiger partial charge in [0, 0.05) is 33.2 Å². The lowest BCUT2D eigenvalue weighted by atomic mass is 9.94. The minimum Gasteiger partial charge on any atom is -0.295 e. The Hall–Kier alpha value is -1.49. The molecule has 0 aromatic heterocycles. The molecule has 1 fully saturated rings. The first kappa shape index (κ1) is 18.3. The average Bonchev–Trinajstić information content (AvgIpc) is 2.58. The minimum absolute atomic E-state index is 0.143. The van der Waals surface area contributed by atoms with Gasteiger partial charge in [0.1, 0.15) is 0 Å². The summed E-state index contributed by atoms with van der Waals surface area (Å²) in [5.41, 5.74) is 3.76. The molecule has 128 valence electrons. The number of carbonyl (C=O) groups is 1. The van der Waals surface area contributed by atoms with Crippen LogP contribution in [-0.4, -0.2) is 30.3 Å². The highest BCUT2D eigenvalue weighted by atomic mass is 79.9. The zero-order valence-corrected chi connectivity index (χ0v) is 17.2. The summed E-state index contributed by atoms with van der Waals surface area (Å²) in [6.07, 6.45) is 4.01. The molecule has 25 heavy (non-hydrogen) atoms. The number of halogens is 2. The van der Waals surface area contributed by atoms with E-state index in [4.69, 9.17) is 0 Å². The van der Waals surface area contributed by atoms with Gasteiger partial charge < -0.3 is 0 Å². The number of carbonyl (C=O) groups excluding carboxylic acids is 1. The number of rotatable bonds is 3. The van der Waals surface area contributed by atoms with Crippen LogP contribution in [0.15, 0.2) is 68.6 Å². The fourth-order valence-electron chi connectivity index (χ4n) is 2.93. The number of hydrogen-bond acceptors (Lipinski definition) is 2. The van der Waals surface area contributed by atoms with Crippen molar-refractivity contribution in [1.82, 2.24) is 4.90 Å². The molecule has 0 N–H and O–H groups in total. The van der Waals surface area contributed by atoms with Crippen LogP contribution in [0, 0.1) is 0 Å². The molecule has 2 nitrogen and oxygen atoms in total. The van der Waals surface area contributed by atoms with Crippen LogP contribution < -0.4 is 0 Å². The Labute approximate surface area is 165 Å². The number of ketones is 1. The predicted molar refractivity (Wildman–Crippen MR) is 111 cm³/mol. The van der Waals surface area contributed by atoms with Gasteiger partial charge in [0.15, 0.2) is 5.78 Å². The van der Waals surface area contributed by atoms with Crippen LogP contribution >= 0.6 is 31.9 Å². The third-order valence-electron chi connectivity index (χ3n) is 4.20. The first-order chi connectivity index (χ1) is 12.0. The fourth-order valence-corrected chi connectivity index (χ4v) is 3.76. The highest BCUT2D eigenvalue weighted by Crippen LogP contribution is 2.23. The van der Waals surface area contributed by atoms with Gasteiger partial charge in [0.25, 0.3) is 0 Å². The molecule has 0 atom stereocenters. The van der Waals surface area contributed by atoms with Crippen molar-refractivity contribution in [3.63, 3.8) is 0 Å². The van der Waals surface area contributed by atoms with Crippen molar-refractivity contribution in [2.24, 2.45) is 0 Å². The summed E-state index contributed by atoms with van der Waals surface area (Å²) in [5, 5.41) is 0. The Morgan fingerprint density at radius 1 is 0.920 bits per heavy atom. The van der Waals surface area contributed by atoms with Gasteiger partial charge in [0.05, 0.1) is 0 Å². The Morgan fingerprint density at radius 2 is 1.40 bits per heavy atom. The van der Waals surface area contributed by atoms with E-state index in [0.29, 0.717) is 13.1 Å². The van der Waals surface area contributed by atoms with Crippen molar-refractivity contribution in [1.29, 1.82) is 0 Å². The number of hydrogen-bond donors (Lipinski definition) is 0. The van der Waals surface area contributed by atoms with Crippen molar-refractivity contribution < 1.29 is 4.79 Å². The van der Waals surface area contributed by atoms with Crippen LogP contribution in [-0.2, 0) is 4.79 Å². The summed E-state index contributed by atoms with van der Waals surface area (Å²) in [7, 11) is 0. The molecule has 0 aliphatic carbocycles. The molecule has 3 rings (SSSR count).